The number of carbonyl (C=O) groups is 2. The van der Waals surface area contributed by atoms with Crippen molar-refractivity contribution >= 4 is 11.8 Å². The van der Waals surface area contributed by atoms with Crippen LogP contribution in [0.25, 0.3) is 0 Å². The number of amides is 2. The second-order valence-electron chi connectivity index (χ2n) is 13.9. The Morgan fingerprint density at radius 1 is 0.884 bits per heavy atom. The standard InChI is InChI=1S/C27H48N2O2.C8H18.2C2H6/c1-7-8-14-25(30)29-18-16-24(20-29)19-27(5,17-15-23-12-10-9-11-13-23)26(31)28(6)22(4)21(2)3;1-5-6-8(4)7(2)3;2*1-2/h23-24H,7-20H2,1-6H3;7-8H,5-6H2,1-4H3;2*1-2H3/t;8-;;/m.1../s1. The number of hydrogen-bond acceptors (Lipinski definition) is 2. The quantitative estimate of drug-likeness (QED) is 0.209. The lowest BCUT2D eigenvalue weighted by Gasteiger charge is -2.37. The molecule has 0 aromatic carbocycles. The van der Waals surface area contributed by atoms with Crippen LogP contribution in [0.4, 0.5) is 0 Å². The van der Waals surface area contributed by atoms with Crippen LogP contribution < -0.4 is 0 Å². The van der Waals surface area contributed by atoms with Gasteiger partial charge in [-0.15, -0.1) is 0 Å². The molecule has 3 atom stereocenters. The molecule has 0 N–H and O–H groups in total. The molecule has 1 saturated carbocycles. The molecule has 0 radical (unpaired) electrons. The molecule has 0 spiro atoms. The molecule has 4 nitrogen and oxygen atoms in total. The van der Waals surface area contributed by atoms with Gasteiger partial charge in [0.25, 0.3) is 0 Å². The normalized spacial score (nSPS) is 18.6. The summed E-state index contributed by atoms with van der Waals surface area (Å²) in [6, 6.07) is 0. The number of carbonyl (C=O) groups excluding carboxylic acids is 2. The van der Waals surface area contributed by atoms with Crippen molar-refractivity contribution in [1.29, 1.82) is 0 Å². The fourth-order valence-corrected chi connectivity index (χ4v) is 6.33. The maximum Gasteiger partial charge on any atom is 0.232 e. The van der Waals surface area contributed by atoms with E-state index in [0.717, 1.165) is 75.1 Å². The molecule has 4 heteroatoms. The SMILES string of the molecule is CC.CC.CCCCC(=O)N1CCC(CC(C)(CCC2CCCCC2)C(=O)N(C)C(C)=C(C)C)C1.CCC[C@@H](C)C(C)C. The fraction of sp³-hybridized carbons (Fsp3) is 0.897. The fourth-order valence-electron chi connectivity index (χ4n) is 6.33. The highest BCUT2D eigenvalue weighted by Gasteiger charge is 2.40. The van der Waals surface area contributed by atoms with Crippen molar-refractivity contribution in [2.24, 2.45) is 29.1 Å². The van der Waals surface area contributed by atoms with Crippen LogP contribution in [0, 0.1) is 29.1 Å². The third-order valence-corrected chi connectivity index (χ3v) is 9.88. The monoisotopic (exact) mass is 607 g/mol. The molecule has 2 unspecified atom stereocenters. The number of unbranched alkanes of at least 4 members (excludes halogenated alkanes) is 1. The van der Waals surface area contributed by atoms with Crippen molar-refractivity contribution in [3.05, 3.63) is 11.3 Å². The van der Waals surface area contributed by atoms with Crippen LogP contribution in [-0.2, 0) is 9.59 Å². The van der Waals surface area contributed by atoms with Gasteiger partial charge >= 0.3 is 0 Å². The first-order chi connectivity index (χ1) is 20.4. The first-order valence-corrected chi connectivity index (χ1v) is 18.6. The molecule has 1 aliphatic carbocycles. The van der Waals surface area contributed by atoms with Crippen molar-refractivity contribution in [3.63, 3.8) is 0 Å². The molecule has 0 aromatic rings. The summed E-state index contributed by atoms with van der Waals surface area (Å²) >= 11 is 0. The Labute approximate surface area is 271 Å². The van der Waals surface area contributed by atoms with Crippen molar-refractivity contribution in [2.45, 2.75) is 180 Å². The van der Waals surface area contributed by atoms with Crippen molar-refractivity contribution in [2.75, 3.05) is 20.1 Å². The molecule has 43 heavy (non-hydrogen) atoms. The Morgan fingerprint density at radius 2 is 1.47 bits per heavy atom. The van der Waals surface area contributed by atoms with E-state index in [9.17, 15) is 9.59 Å². The highest BCUT2D eigenvalue weighted by atomic mass is 16.2. The molecule has 2 fully saturated rings. The molecule has 2 aliphatic rings. The molecular formula is C39H78N2O2. The van der Waals surface area contributed by atoms with E-state index in [1.54, 1.807) is 0 Å². The van der Waals surface area contributed by atoms with Crippen LogP contribution in [0.2, 0.25) is 0 Å². The van der Waals surface area contributed by atoms with E-state index < -0.39 is 0 Å². The molecule has 1 aliphatic heterocycles. The number of hydrogen-bond donors (Lipinski definition) is 0. The van der Waals surface area contributed by atoms with Gasteiger partial charge in [-0.3, -0.25) is 9.59 Å². The van der Waals surface area contributed by atoms with Gasteiger partial charge in [0, 0.05) is 37.7 Å². The van der Waals surface area contributed by atoms with E-state index in [2.05, 4.69) is 67.2 Å². The molecule has 0 bridgehead atoms. The van der Waals surface area contributed by atoms with E-state index in [4.69, 9.17) is 0 Å². The number of nitrogens with zero attached hydrogens (tertiary/aromatic N) is 2. The second-order valence-corrected chi connectivity index (χ2v) is 13.9. The van der Waals surface area contributed by atoms with Crippen molar-refractivity contribution in [1.82, 2.24) is 9.80 Å². The Kier molecular flexibility index (Phi) is 25.4. The van der Waals surface area contributed by atoms with Gasteiger partial charge in [-0.2, -0.15) is 0 Å². The highest BCUT2D eigenvalue weighted by molar-refractivity contribution is 5.83. The van der Waals surface area contributed by atoms with Crippen molar-refractivity contribution in [3.8, 4) is 0 Å². The minimum Gasteiger partial charge on any atom is -0.342 e. The smallest absolute Gasteiger partial charge is 0.232 e. The Hall–Kier alpha value is -1.32. The van der Waals surface area contributed by atoms with E-state index >= 15 is 0 Å². The summed E-state index contributed by atoms with van der Waals surface area (Å²) in [6.07, 6.45) is 16.2. The largest absolute Gasteiger partial charge is 0.342 e. The van der Waals surface area contributed by atoms with Gasteiger partial charge < -0.3 is 9.80 Å². The minimum absolute atomic E-state index is 0.262. The van der Waals surface area contributed by atoms with E-state index in [-0.39, 0.29) is 11.3 Å². The summed E-state index contributed by atoms with van der Waals surface area (Å²) in [7, 11) is 1.94. The van der Waals surface area contributed by atoms with Gasteiger partial charge in [0.2, 0.25) is 11.8 Å². The summed E-state index contributed by atoms with van der Waals surface area (Å²) in [5.41, 5.74) is 1.91. The van der Waals surface area contributed by atoms with Gasteiger partial charge in [0.15, 0.2) is 0 Å². The lowest BCUT2D eigenvalue weighted by Crippen LogP contribution is -2.41. The Balaban J connectivity index is 0. The van der Waals surface area contributed by atoms with Gasteiger partial charge in [0.05, 0.1) is 0 Å². The van der Waals surface area contributed by atoms with Gasteiger partial charge in [0.1, 0.15) is 0 Å². The molecule has 2 rings (SSSR count). The number of rotatable bonds is 13. The summed E-state index contributed by atoms with van der Waals surface area (Å²) in [4.78, 5) is 30.2. The number of likely N-dealkylation sites (tertiary alicyclic amines) is 1. The summed E-state index contributed by atoms with van der Waals surface area (Å²) in [6.45, 7) is 29.4. The van der Waals surface area contributed by atoms with Crippen LogP contribution in [-0.4, -0.2) is 41.8 Å². The third-order valence-electron chi connectivity index (χ3n) is 9.88. The van der Waals surface area contributed by atoms with Crippen LogP contribution in [0.3, 0.4) is 0 Å². The van der Waals surface area contributed by atoms with E-state index in [1.165, 1.54) is 50.5 Å². The maximum absolute atomic E-state index is 13.7. The average Bonchev–Trinajstić information content (AvgIpc) is 3.48. The van der Waals surface area contributed by atoms with Gasteiger partial charge in [-0.1, -0.05) is 126 Å². The molecule has 256 valence electrons. The Morgan fingerprint density at radius 3 is 1.93 bits per heavy atom. The predicted octanol–water partition coefficient (Wildman–Crippen LogP) is 11.7. The summed E-state index contributed by atoms with van der Waals surface area (Å²) < 4.78 is 0. The van der Waals surface area contributed by atoms with E-state index in [1.807, 2.05) is 39.6 Å². The first-order valence-electron chi connectivity index (χ1n) is 18.6. The predicted molar refractivity (Wildman–Crippen MR) is 191 cm³/mol. The molecular weight excluding hydrogens is 528 g/mol. The van der Waals surface area contributed by atoms with Crippen LogP contribution >= 0.6 is 0 Å². The molecule has 0 aromatic heterocycles. The van der Waals surface area contributed by atoms with Crippen LogP contribution in [0.5, 0.6) is 0 Å². The Bertz CT molecular complexity index is 748. The lowest BCUT2D eigenvalue weighted by atomic mass is 9.73. The second kappa shape index (κ2) is 24.9. The third kappa shape index (κ3) is 17.1. The molecule has 2 amide bonds. The van der Waals surface area contributed by atoms with E-state index in [0.29, 0.717) is 18.2 Å². The summed E-state index contributed by atoms with van der Waals surface area (Å²) in [5.74, 6) is 3.57. The zero-order valence-electron chi connectivity index (χ0n) is 31.8. The minimum atomic E-state index is -0.351. The average molecular weight is 607 g/mol. The maximum atomic E-state index is 13.7. The topological polar surface area (TPSA) is 40.6 Å². The van der Waals surface area contributed by atoms with Crippen LogP contribution in [0.15, 0.2) is 11.3 Å². The van der Waals surface area contributed by atoms with Gasteiger partial charge in [-0.05, 0) is 76.5 Å². The molecule has 1 saturated heterocycles. The van der Waals surface area contributed by atoms with Gasteiger partial charge in [-0.25, -0.2) is 0 Å². The zero-order chi connectivity index (χ0) is 33.6. The first kappa shape index (κ1) is 43.8. The lowest BCUT2D eigenvalue weighted by molar-refractivity contribution is -0.139. The van der Waals surface area contributed by atoms with Crippen molar-refractivity contribution < 1.29 is 9.59 Å². The van der Waals surface area contributed by atoms with Crippen LogP contribution in [0.1, 0.15) is 180 Å². The zero-order valence-corrected chi connectivity index (χ0v) is 31.8. The highest BCUT2D eigenvalue weighted by Crippen LogP contribution is 2.40. The molecule has 1 heterocycles. The number of allylic oxidation sites excluding steroid dienone is 2. The summed E-state index contributed by atoms with van der Waals surface area (Å²) in [5, 5.41) is 0.